The van der Waals surface area contributed by atoms with Crippen molar-refractivity contribution in [2.75, 3.05) is 13.1 Å². The van der Waals surface area contributed by atoms with E-state index in [9.17, 15) is 19.7 Å². The number of amides is 2. The Morgan fingerprint density at radius 1 is 1.27 bits per heavy atom. The van der Waals surface area contributed by atoms with E-state index in [4.69, 9.17) is 4.52 Å². The Morgan fingerprint density at radius 3 is 2.63 bits per heavy atom. The number of nitro benzene ring substituents is 1. The summed E-state index contributed by atoms with van der Waals surface area (Å²) in [6.07, 6.45) is 3.34. The summed E-state index contributed by atoms with van der Waals surface area (Å²) in [5.41, 5.74) is 0.616. The van der Waals surface area contributed by atoms with Crippen LogP contribution in [0.5, 0.6) is 0 Å². The van der Waals surface area contributed by atoms with Gasteiger partial charge in [-0.25, -0.2) is 0 Å². The maximum absolute atomic E-state index is 12.1. The molecule has 2 amide bonds. The summed E-state index contributed by atoms with van der Waals surface area (Å²) >= 11 is 3.28. The monoisotopic (exact) mass is 477 g/mol. The second-order valence-electron chi connectivity index (χ2n) is 6.14. The molecular formula is C17H16BrN7O5. The smallest absolute Gasteiger partial charge is 0.316 e. The fourth-order valence-corrected chi connectivity index (χ4v) is 2.84. The number of carbonyl (C=O) groups is 2. The largest absolute Gasteiger partial charge is 0.350 e. The minimum Gasteiger partial charge on any atom is -0.350 e. The van der Waals surface area contributed by atoms with Crippen molar-refractivity contribution in [2.45, 2.75) is 13.5 Å². The normalized spacial score (nSPS) is 10.6. The van der Waals surface area contributed by atoms with Crippen molar-refractivity contribution in [3.8, 4) is 0 Å². The van der Waals surface area contributed by atoms with Crippen LogP contribution in [0.15, 0.2) is 39.6 Å². The predicted molar refractivity (Wildman–Crippen MR) is 106 cm³/mol. The van der Waals surface area contributed by atoms with Gasteiger partial charge in [-0.2, -0.15) is 10.1 Å². The Hall–Kier alpha value is -3.61. The second kappa shape index (κ2) is 9.26. The van der Waals surface area contributed by atoms with Gasteiger partial charge in [-0.15, -0.1) is 0 Å². The lowest BCUT2D eigenvalue weighted by atomic mass is 10.1. The van der Waals surface area contributed by atoms with Crippen LogP contribution in [-0.4, -0.2) is 49.7 Å². The number of rotatable bonds is 8. The zero-order valence-electron chi connectivity index (χ0n) is 15.7. The number of halogens is 1. The summed E-state index contributed by atoms with van der Waals surface area (Å²) in [6.45, 7) is 2.06. The van der Waals surface area contributed by atoms with E-state index < -0.39 is 16.7 Å². The molecule has 0 spiro atoms. The van der Waals surface area contributed by atoms with Gasteiger partial charge in [0.1, 0.15) is 6.54 Å². The van der Waals surface area contributed by atoms with Gasteiger partial charge >= 0.3 is 11.8 Å². The first kappa shape index (κ1) is 21.1. The molecule has 0 atom stereocenters. The maximum atomic E-state index is 12.1. The van der Waals surface area contributed by atoms with Crippen molar-refractivity contribution in [1.29, 1.82) is 0 Å². The highest BCUT2D eigenvalue weighted by molar-refractivity contribution is 9.10. The van der Waals surface area contributed by atoms with Crippen molar-refractivity contribution in [1.82, 2.24) is 30.6 Å². The van der Waals surface area contributed by atoms with Crippen LogP contribution in [0.4, 0.5) is 5.69 Å². The van der Waals surface area contributed by atoms with Crippen molar-refractivity contribution in [3.05, 3.63) is 68.0 Å². The molecule has 0 aliphatic rings. The molecule has 2 N–H and O–H groups in total. The molecule has 0 fully saturated rings. The van der Waals surface area contributed by atoms with Gasteiger partial charge in [0, 0.05) is 36.5 Å². The molecule has 0 bridgehead atoms. The first-order valence-electron chi connectivity index (χ1n) is 8.65. The average Bonchev–Trinajstić information content (AvgIpc) is 3.33. The Balaban J connectivity index is 1.45. The van der Waals surface area contributed by atoms with E-state index in [0.29, 0.717) is 5.56 Å². The first-order valence-corrected chi connectivity index (χ1v) is 9.45. The third kappa shape index (κ3) is 5.26. The Morgan fingerprint density at radius 2 is 2.00 bits per heavy atom. The number of hydrogen-bond donors (Lipinski definition) is 2. The van der Waals surface area contributed by atoms with Crippen molar-refractivity contribution in [2.24, 2.45) is 0 Å². The number of nitrogens with zero attached hydrogens (tertiary/aromatic N) is 5. The third-order valence-corrected chi connectivity index (χ3v) is 4.33. The lowest BCUT2D eigenvalue weighted by molar-refractivity contribution is -0.385. The predicted octanol–water partition coefficient (Wildman–Crippen LogP) is 1.45. The van der Waals surface area contributed by atoms with Crippen LogP contribution in [0, 0.1) is 17.0 Å². The quantitative estimate of drug-likeness (QED) is 0.280. The zero-order valence-corrected chi connectivity index (χ0v) is 17.2. The minimum absolute atomic E-state index is 0.0575. The van der Waals surface area contributed by atoms with Crippen LogP contribution < -0.4 is 10.6 Å². The summed E-state index contributed by atoms with van der Waals surface area (Å²) in [7, 11) is 0. The van der Waals surface area contributed by atoms with E-state index in [1.807, 2.05) is 0 Å². The van der Waals surface area contributed by atoms with Gasteiger partial charge in [-0.3, -0.25) is 24.4 Å². The standard InChI is InChI=1S/C17H16BrN7O5/c1-10-6-11(2-3-13(10)25(28)29)15(26)19-4-5-20-16(27)17-22-14(23-30-17)9-24-8-12(18)7-21-24/h2-3,6-8H,4-5,9H2,1H3,(H,19,26)(H,20,27). The molecular weight excluding hydrogens is 462 g/mol. The van der Waals surface area contributed by atoms with Crippen molar-refractivity contribution >= 4 is 33.4 Å². The van der Waals surface area contributed by atoms with Gasteiger partial charge < -0.3 is 15.2 Å². The Kier molecular flexibility index (Phi) is 6.51. The van der Waals surface area contributed by atoms with Crippen LogP contribution in [-0.2, 0) is 6.54 Å². The molecule has 0 saturated heterocycles. The lowest BCUT2D eigenvalue weighted by Crippen LogP contribution is -2.34. The Bertz CT molecular complexity index is 1090. The Labute approximate surface area is 177 Å². The fraction of sp³-hybridized carbons (Fsp3) is 0.235. The maximum Gasteiger partial charge on any atom is 0.316 e. The van der Waals surface area contributed by atoms with E-state index in [0.717, 1.165) is 4.47 Å². The summed E-state index contributed by atoms with van der Waals surface area (Å²) in [5.74, 6) is -0.894. The van der Waals surface area contributed by atoms with E-state index in [-0.39, 0.29) is 42.6 Å². The minimum atomic E-state index is -0.573. The van der Waals surface area contributed by atoms with Crippen LogP contribution in [0.2, 0.25) is 0 Å². The van der Waals surface area contributed by atoms with Gasteiger partial charge in [0.05, 0.1) is 15.6 Å². The molecule has 2 heterocycles. The molecule has 156 valence electrons. The van der Waals surface area contributed by atoms with Gasteiger partial charge in [-0.1, -0.05) is 5.16 Å². The van der Waals surface area contributed by atoms with Gasteiger partial charge in [0.2, 0.25) is 0 Å². The number of aromatic nitrogens is 4. The van der Waals surface area contributed by atoms with Crippen LogP contribution in [0.25, 0.3) is 0 Å². The average molecular weight is 478 g/mol. The van der Waals surface area contributed by atoms with Gasteiger partial charge in [-0.05, 0) is 35.0 Å². The summed E-state index contributed by atoms with van der Waals surface area (Å²) in [4.78, 5) is 38.5. The van der Waals surface area contributed by atoms with Gasteiger partial charge in [0.15, 0.2) is 5.82 Å². The van der Waals surface area contributed by atoms with E-state index in [2.05, 4.69) is 41.8 Å². The van der Waals surface area contributed by atoms with Crippen molar-refractivity contribution < 1.29 is 19.0 Å². The molecule has 1 aromatic carbocycles. The number of benzene rings is 1. The van der Waals surface area contributed by atoms with Crippen LogP contribution in [0.3, 0.4) is 0 Å². The number of aryl methyl sites for hydroxylation is 1. The van der Waals surface area contributed by atoms with Crippen molar-refractivity contribution in [3.63, 3.8) is 0 Å². The molecule has 0 aliphatic carbocycles. The van der Waals surface area contributed by atoms with Gasteiger partial charge in [0.25, 0.3) is 11.6 Å². The number of nitro groups is 1. The molecule has 3 rings (SSSR count). The fourth-order valence-electron chi connectivity index (χ4n) is 2.51. The molecule has 0 saturated carbocycles. The zero-order chi connectivity index (χ0) is 21.7. The number of hydrogen-bond acceptors (Lipinski definition) is 8. The molecule has 0 aliphatic heterocycles. The summed E-state index contributed by atoms with van der Waals surface area (Å²) in [5, 5.41) is 23.8. The highest BCUT2D eigenvalue weighted by Gasteiger charge is 2.16. The molecule has 30 heavy (non-hydrogen) atoms. The molecule has 2 aromatic heterocycles. The molecule has 0 unspecified atom stereocenters. The van der Waals surface area contributed by atoms with E-state index in [1.165, 1.54) is 18.2 Å². The lowest BCUT2D eigenvalue weighted by Gasteiger charge is -2.06. The summed E-state index contributed by atoms with van der Waals surface area (Å²) < 4.78 is 7.30. The second-order valence-corrected chi connectivity index (χ2v) is 7.06. The highest BCUT2D eigenvalue weighted by atomic mass is 79.9. The first-order chi connectivity index (χ1) is 14.3. The van der Waals surface area contributed by atoms with Crippen LogP contribution in [0.1, 0.15) is 32.4 Å². The molecule has 13 heteroatoms. The van der Waals surface area contributed by atoms with E-state index in [1.54, 1.807) is 24.0 Å². The number of nitrogens with one attached hydrogen (secondary N) is 2. The highest BCUT2D eigenvalue weighted by Crippen LogP contribution is 2.18. The summed E-state index contributed by atoms with van der Waals surface area (Å²) in [6, 6.07) is 4.09. The SMILES string of the molecule is Cc1cc(C(=O)NCCNC(=O)c2nc(Cn3cc(Br)cn3)no2)ccc1[N+](=O)[O-]. The topological polar surface area (TPSA) is 158 Å². The molecule has 0 radical (unpaired) electrons. The molecule has 12 nitrogen and oxygen atoms in total. The molecule has 3 aromatic rings. The number of carbonyl (C=O) groups excluding carboxylic acids is 2. The van der Waals surface area contributed by atoms with E-state index >= 15 is 0 Å². The van der Waals surface area contributed by atoms with Crippen LogP contribution >= 0.6 is 15.9 Å². The third-order valence-electron chi connectivity index (χ3n) is 3.92.